The smallest absolute Gasteiger partial charge is 0.140 e. The first-order valence-electron chi connectivity index (χ1n) is 8.59. The Morgan fingerprint density at radius 1 is 1.17 bits per heavy atom. The summed E-state index contributed by atoms with van der Waals surface area (Å²) in [5, 5.41) is 0. The number of piperidine rings is 1. The molecule has 1 spiro atoms. The fraction of sp³-hybridized carbons (Fsp3) is 0.500. The second kappa shape index (κ2) is 6.02. The standard InChI is InChI=1S/C18H23N5O/c1-2-14-16(13-3-4-15(19)20-9-13)17(22-12-21-14)23-7-5-18(6-8-23)10-24-11-18/h3-4,9,12H,2,5-8,10-11H2,1H3,(H2,19,20). The van der Waals surface area contributed by atoms with Crippen LogP contribution in [0.3, 0.4) is 0 Å². The van der Waals surface area contributed by atoms with Crippen molar-refractivity contribution in [2.75, 3.05) is 36.9 Å². The van der Waals surface area contributed by atoms with Gasteiger partial charge in [0.05, 0.1) is 18.9 Å². The molecule has 0 atom stereocenters. The second-order valence-corrected chi connectivity index (χ2v) is 6.82. The van der Waals surface area contributed by atoms with E-state index in [9.17, 15) is 0 Å². The van der Waals surface area contributed by atoms with Crippen molar-refractivity contribution >= 4 is 11.6 Å². The van der Waals surface area contributed by atoms with Crippen LogP contribution in [0.25, 0.3) is 11.1 Å². The average molecular weight is 325 g/mol. The lowest BCUT2D eigenvalue weighted by Gasteiger charge is -2.47. The molecule has 0 aliphatic carbocycles. The Morgan fingerprint density at radius 3 is 2.54 bits per heavy atom. The van der Waals surface area contributed by atoms with Crippen molar-refractivity contribution in [3.63, 3.8) is 0 Å². The number of nitrogen functional groups attached to an aromatic ring is 1. The Morgan fingerprint density at radius 2 is 1.96 bits per heavy atom. The molecule has 2 N–H and O–H groups in total. The normalized spacial score (nSPS) is 19.3. The van der Waals surface area contributed by atoms with Gasteiger partial charge in [-0.2, -0.15) is 0 Å². The van der Waals surface area contributed by atoms with E-state index in [4.69, 9.17) is 10.5 Å². The highest BCUT2D eigenvalue weighted by Crippen LogP contribution is 2.41. The van der Waals surface area contributed by atoms with Gasteiger partial charge in [-0.15, -0.1) is 0 Å². The van der Waals surface area contributed by atoms with E-state index < -0.39 is 0 Å². The minimum absolute atomic E-state index is 0.417. The lowest BCUT2D eigenvalue weighted by Crippen LogP contribution is -2.51. The third-order valence-corrected chi connectivity index (χ3v) is 5.26. The molecule has 4 rings (SSSR count). The quantitative estimate of drug-likeness (QED) is 0.933. The zero-order chi connectivity index (χ0) is 16.6. The van der Waals surface area contributed by atoms with Crippen molar-refractivity contribution in [3.8, 4) is 11.1 Å². The summed E-state index contributed by atoms with van der Waals surface area (Å²) < 4.78 is 5.43. The number of aromatic nitrogens is 3. The monoisotopic (exact) mass is 325 g/mol. The summed E-state index contributed by atoms with van der Waals surface area (Å²) in [5.41, 5.74) is 9.34. The summed E-state index contributed by atoms with van der Waals surface area (Å²) in [4.78, 5) is 15.8. The minimum Gasteiger partial charge on any atom is -0.384 e. The molecule has 2 aliphatic rings. The largest absolute Gasteiger partial charge is 0.384 e. The second-order valence-electron chi connectivity index (χ2n) is 6.82. The predicted molar refractivity (Wildman–Crippen MR) is 93.8 cm³/mol. The van der Waals surface area contributed by atoms with E-state index in [2.05, 4.69) is 26.8 Å². The van der Waals surface area contributed by atoms with Gasteiger partial charge >= 0.3 is 0 Å². The van der Waals surface area contributed by atoms with Crippen molar-refractivity contribution in [2.45, 2.75) is 26.2 Å². The molecule has 0 aromatic carbocycles. The van der Waals surface area contributed by atoms with Crippen LogP contribution in [0.15, 0.2) is 24.7 Å². The number of nitrogens with zero attached hydrogens (tertiary/aromatic N) is 4. The van der Waals surface area contributed by atoms with Gasteiger partial charge < -0.3 is 15.4 Å². The molecule has 2 aromatic heterocycles. The molecule has 0 bridgehead atoms. The van der Waals surface area contributed by atoms with Gasteiger partial charge in [-0.1, -0.05) is 6.92 Å². The SMILES string of the molecule is CCc1ncnc(N2CCC3(CC2)COC3)c1-c1ccc(N)nc1. The molecular formula is C18H23N5O. The summed E-state index contributed by atoms with van der Waals surface area (Å²) in [5.74, 6) is 1.55. The van der Waals surface area contributed by atoms with Crippen LogP contribution in [0.2, 0.25) is 0 Å². The Balaban J connectivity index is 1.69. The van der Waals surface area contributed by atoms with Gasteiger partial charge in [0.25, 0.3) is 0 Å². The fourth-order valence-electron chi connectivity index (χ4n) is 3.64. The number of rotatable bonds is 3. The van der Waals surface area contributed by atoms with E-state index in [0.29, 0.717) is 11.2 Å². The van der Waals surface area contributed by atoms with Crippen LogP contribution in [0.5, 0.6) is 0 Å². The molecule has 2 fully saturated rings. The third kappa shape index (κ3) is 2.60. The van der Waals surface area contributed by atoms with E-state index in [-0.39, 0.29) is 0 Å². The summed E-state index contributed by atoms with van der Waals surface area (Å²) >= 11 is 0. The van der Waals surface area contributed by atoms with Crippen LogP contribution in [0.4, 0.5) is 11.6 Å². The van der Waals surface area contributed by atoms with Crippen molar-refractivity contribution in [1.82, 2.24) is 15.0 Å². The summed E-state index contributed by atoms with van der Waals surface area (Å²) in [7, 11) is 0. The van der Waals surface area contributed by atoms with Crippen LogP contribution < -0.4 is 10.6 Å². The van der Waals surface area contributed by atoms with Gasteiger partial charge in [0.1, 0.15) is 18.0 Å². The number of aryl methyl sites for hydroxylation is 1. The third-order valence-electron chi connectivity index (χ3n) is 5.26. The lowest BCUT2D eigenvalue weighted by molar-refractivity contribution is -0.124. The summed E-state index contributed by atoms with van der Waals surface area (Å²) in [6, 6.07) is 3.84. The Labute approximate surface area is 142 Å². The molecule has 6 heteroatoms. The van der Waals surface area contributed by atoms with Gasteiger partial charge in [-0.3, -0.25) is 0 Å². The highest BCUT2D eigenvalue weighted by molar-refractivity contribution is 5.78. The molecule has 2 saturated heterocycles. The van der Waals surface area contributed by atoms with Crippen molar-refractivity contribution in [2.24, 2.45) is 5.41 Å². The van der Waals surface area contributed by atoms with E-state index in [1.807, 2.05) is 18.3 Å². The molecule has 0 radical (unpaired) electrons. The van der Waals surface area contributed by atoms with Crippen LogP contribution >= 0.6 is 0 Å². The number of ether oxygens (including phenoxy) is 1. The minimum atomic E-state index is 0.417. The summed E-state index contributed by atoms with van der Waals surface area (Å²) in [6.07, 6.45) is 6.69. The van der Waals surface area contributed by atoms with E-state index in [1.54, 1.807) is 6.33 Å². The average Bonchev–Trinajstić information content (AvgIpc) is 2.60. The van der Waals surface area contributed by atoms with Crippen molar-refractivity contribution in [3.05, 3.63) is 30.4 Å². The van der Waals surface area contributed by atoms with Crippen LogP contribution in [0, 0.1) is 5.41 Å². The van der Waals surface area contributed by atoms with Gasteiger partial charge in [-0.05, 0) is 31.4 Å². The fourth-order valence-corrected chi connectivity index (χ4v) is 3.64. The first-order chi connectivity index (χ1) is 11.7. The molecule has 2 aromatic rings. The maximum atomic E-state index is 5.74. The molecule has 4 heterocycles. The van der Waals surface area contributed by atoms with Gasteiger partial charge in [-0.25, -0.2) is 15.0 Å². The Kier molecular flexibility index (Phi) is 3.84. The van der Waals surface area contributed by atoms with Gasteiger partial charge in [0.2, 0.25) is 0 Å². The maximum absolute atomic E-state index is 5.74. The van der Waals surface area contributed by atoms with Crippen molar-refractivity contribution in [1.29, 1.82) is 0 Å². The first kappa shape index (κ1) is 15.3. The number of anilines is 2. The predicted octanol–water partition coefficient (Wildman–Crippen LogP) is 2.30. The van der Waals surface area contributed by atoms with E-state index in [0.717, 1.165) is 68.2 Å². The number of hydrogen-bond acceptors (Lipinski definition) is 6. The zero-order valence-electron chi connectivity index (χ0n) is 14.0. The summed E-state index contributed by atoms with van der Waals surface area (Å²) in [6.45, 7) is 5.98. The van der Waals surface area contributed by atoms with Gasteiger partial charge in [0, 0.05) is 35.8 Å². The Bertz CT molecular complexity index is 717. The molecular weight excluding hydrogens is 302 g/mol. The molecule has 0 amide bonds. The molecule has 126 valence electrons. The maximum Gasteiger partial charge on any atom is 0.140 e. The van der Waals surface area contributed by atoms with E-state index >= 15 is 0 Å². The van der Waals surface area contributed by atoms with Crippen molar-refractivity contribution < 1.29 is 4.74 Å². The van der Waals surface area contributed by atoms with Crippen LogP contribution in [-0.2, 0) is 11.2 Å². The lowest BCUT2D eigenvalue weighted by atomic mass is 9.77. The molecule has 0 unspecified atom stereocenters. The zero-order valence-corrected chi connectivity index (χ0v) is 14.0. The van der Waals surface area contributed by atoms with Gasteiger partial charge in [0.15, 0.2) is 0 Å². The number of hydrogen-bond donors (Lipinski definition) is 1. The van der Waals surface area contributed by atoms with Crippen LogP contribution in [0.1, 0.15) is 25.5 Å². The molecule has 2 aliphatic heterocycles. The topological polar surface area (TPSA) is 77.2 Å². The van der Waals surface area contributed by atoms with E-state index in [1.165, 1.54) is 0 Å². The highest BCUT2D eigenvalue weighted by Gasteiger charge is 2.41. The first-order valence-corrected chi connectivity index (χ1v) is 8.59. The molecule has 24 heavy (non-hydrogen) atoms. The number of nitrogens with two attached hydrogens (primary N) is 1. The van der Waals surface area contributed by atoms with Crippen LogP contribution in [-0.4, -0.2) is 41.3 Å². The highest BCUT2D eigenvalue weighted by atomic mass is 16.5. The Hall–Kier alpha value is -2.21. The molecule has 6 nitrogen and oxygen atoms in total. The number of pyridine rings is 1. The molecule has 0 saturated carbocycles.